The Morgan fingerprint density at radius 2 is 1.74 bits per heavy atom. The van der Waals surface area contributed by atoms with Gasteiger partial charge in [-0.2, -0.15) is 0 Å². The van der Waals surface area contributed by atoms with Crippen molar-refractivity contribution in [3.63, 3.8) is 0 Å². The number of halogens is 1. The fraction of sp³-hybridized carbons (Fsp3) is 0.115. The van der Waals surface area contributed by atoms with Crippen molar-refractivity contribution in [1.82, 2.24) is 0 Å². The molecule has 1 atom stereocenters. The van der Waals surface area contributed by atoms with Crippen LogP contribution in [-0.4, -0.2) is 26.5 Å². The number of anilines is 1. The molecule has 0 saturated heterocycles. The number of hydrogen-bond acceptors (Lipinski definition) is 6. The number of nitrogens with zero attached hydrogens (tertiary/aromatic N) is 1. The van der Waals surface area contributed by atoms with Gasteiger partial charge in [0.25, 0.3) is 0 Å². The first-order chi connectivity index (χ1) is 15.6. The second-order valence-corrected chi connectivity index (χ2v) is 7.20. The molecule has 0 spiro atoms. The van der Waals surface area contributed by atoms with Crippen LogP contribution >= 0.6 is 0 Å². The maximum Gasteiger partial charge on any atom is 3.00 e. The molecule has 1 N–H and O–H groups in total. The van der Waals surface area contributed by atoms with Crippen LogP contribution in [0.25, 0.3) is 10.8 Å². The molecular weight excluding hydrogens is 496 g/mol. The quantitative estimate of drug-likeness (QED) is 0.386. The topological polar surface area (TPSA) is 89.0 Å². The van der Waals surface area contributed by atoms with Crippen molar-refractivity contribution in [2.75, 3.05) is 19.5 Å². The van der Waals surface area contributed by atoms with E-state index >= 15 is 0 Å². The van der Waals surface area contributed by atoms with Crippen LogP contribution in [0.5, 0.6) is 11.5 Å². The molecule has 0 saturated carbocycles. The number of hydrogen-bond donors (Lipinski definition) is 1. The minimum atomic E-state index is -0.992. The first kappa shape index (κ1) is 27.0. The van der Waals surface area contributed by atoms with E-state index in [0.717, 1.165) is 10.8 Å². The smallest absolute Gasteiger partial charge is 1.00 e. The molecule has 4 rings (SSSR count). The number of ether oxygens (including phenoxy) is 2. The van der Waals surface area contributed by atoms with Gasteiger partial charge in [0.05, 0.1) is 25.6 Å². The number of benzene rings is 3. The van der Waals surface area contributed by atoms with E-state index in [0.29, 0.717) is 34.0 Å². The first-order valence-corrected chi connectivity index (χ1v) is 10.1. The summed E-state index contributed by atoms with van der Waals surface area (Å²) in [6.45, 7) is 0. The summed E-state index contributed by atoms with van der Waals surface area (Å²) in [7, 11) is 3.11. The largest absolute Gasteiger partial charge is 3.00 e. The number of aliphatic imine (C=N–C) groups is 1. The zero-order chi connectivity index (χ0) is 22.5. The van der Waals surface area contributed by atoms with Crippen LogP contribution in [0.2, 0.25) is 0 Å². The van der Waals surface area contributed by atoms with Gasteiger partial charge in [0.1, 0.15) is 11.5 Å². The third-order valence-corrected chi connectivity index (χ3v) is 5.13. The Kier molecular flexibility index (Phi) is 9.78. The summed E-state index contributed by atoms with van der Waals surface area (Å²) in [5, 5.41) is 29.7. The third kappa shape index (κ3) is 6.21. The summed E-state index contributed by atoms with van der Waals surface area (Å²) < 4.78 is 10.4. The van der Waals surface area contributed by atoms with Gasteiger partial charge in [-0.05, 0) is 58.3 Å². The molecule has 1 unspecified atom stereocenters. The maximum absolute atomic E-state index is 12.3. The van der Waals surface area contributed by atoms with Crippen LogP contribution < -0.4 is 32.7 Å². The van der Waals surface area contributed by atoms with Crippen LogP contribution in [0, 0.1) is 0 Å². The molecule has 3 aromatic rings. The molecule has 34 heavy (non-hydrogen) atoms. The molecule has 8 heteroatoms. The molecule has 3 aromatic carbocycles. The van der Waals surface area contributed by atoms with Gasteiger partial charge in [-0.1, -0.05) is 48.3 Å². The average molecular weight is 518 g/mol. The van der Waals surface area contributed by atoms with Crippen molar-refractivity contribution in [2.24, 2.45) is 4.99 Å². The Bertz CT molecular complexity index is 1270. The summed E-state index contributed by atoms with van der Waals surface area (Å²) in [5.74, 6) is 1.05. The molecule has 1 aliphatic rings. The van der Waals surface area contributed by atoms with Gasteiger partial charge in [-0.25, -0.2) is 0 Å². The predicted molar refractivity (Wildman–Crippen MR) is 123 cm³/mol. The summed E-state index contributed by atoms with van der Waals surface area (Å²) in [6.07, 6.45) is 7.10. The zero-order valence-corrected chi connectivity index (χ0v) is 20.3. The average Bonchev–Trinajstić information content (AvgIpc) is 2.82. The molecular formula is C26H22ClFeN2O4. The molecule has 175 valence electrons. The molecule has 0 fully saturated rings. The second kappa shape index (κ2) is 12.3. The van der Waals surface area contributed by atoms with Crippen molar-refractivity contribution in [2.45, 2.75) is 6.10 Å². The minimum Gasteiger partial charge on any atom is -1.00 e. The van der Waals surface area contributed by atoms with Gasteiger partial charge in [-0.3, -0.25) is 4.99 Å². The van der Waals surface area contributed by atoms with Crippen LogP contribution in [0.4, 0.5) is 11.4 Å². The summed E-state index contributed by atoms with van der Waals surface area (Å²) >= 11 is 0. The maximum atomic E-state index is 12.3. The van der Waals surface area contributed by atoms with E-state index in [1.54, 1.807) is 50.8 Å². The summed E-state index contributed by atoms with van der Waals surface area (Å²) in [4.78, 5) is 4.57. The van der Waals surface area contributed by atoms with Gasteiger partial charge in [0.15, 0.2) is 0 Å². The second-order valence-electron chi connectivity index (χ2n) is 7.20. The molecule has 1 aliphatic carbocycles. The number of fused-ring (bicyclic) bond motifs is 1. The van der Waals surface area contributed by atoms with E-state index in [2.05, 4.69) is 10.3 Å². The molecule has 0 amide bonds. The number of allylic oxidation sites excluding steroid dienone is 1. The van der Waals surface area contributed by atoms with Crippen molar-refractivity contribution in [3.8, 4) is 11.5 Å². The SMILES string of the molecule is COC1=C/C(=C/Nc2cc3ccccc3cc2N=Cc2cc(OC)ccc2[O-])C([O-])C=C1.[Cl-].[Fe+3]. The summed E-state index contributed by atoms with van der Waals surface area (Å²) in [5.41, 5.74) is 2.30. The van der Waals surface area contributed by atoms with Crippen LogP contribution in [-0.2, 0) is 21.8 Å². The van der Waals surface area contributed by atoms with Gasteiger partial charge in [0, 0.05) is 12.4 Å². The van der Waals surface area contributed by atoms with Gasteiger partial charge in [0.2, 0.25) is 0 Å². The van der Waals surface area contributed by atoms with E-state index < -0.39 is 6.10 Å². The van der Waals surface area contributed by atoms with E-state index in [-0.39, 0.29) is 35.2 Å². The fourth-order valence-corrected chi connectivity index (χ4v) is 3.34. The first-order valence-electron chi connectivity index (χ1n) is 10.1. The van der Waals surface area contributed by atoms with Gasteiger partial charge in [-0.15, -0.1) is 0 Å². The van der Waals surface area contributed by atoms with Gasteiger partial charge < -0.3 is 37.4 Å². The zero-order valence-electron chi connectivity index (χ0n) is 18.5. The molecule has 0 aliphatic heterocycles. The van der Waals surface area contributed by atoms with Crippen molar-refractivity contribution in [1.29, 1.82) is 0 Å². The Balaban J connectivity index is 0.00000204. The number of rotatable bonds is 6. The Hall–Kier alpha value is -3.22. The molecule has 0 aromatic heterocycles. The van der Waals surface area contributed by atoms with Crippen molar-refractivity contribution >= 4 is 28.4 Å². The fourth-order valence-electron chi connectivity index (χ4n) is 3.34. The normalized spacial score (nSPS) is 16.0. The van der Waals surface area contributed by atoms with E-state index in [4.69, 9.17) is 9.47 Å². The summed E-state index contributed by atoms with van der Waals surface area (Å²) in [6, 6.07) is 16.5. The Labute approximate surface area is 215 Å². The monoisotopic (exact) mass is 517 g/mol. The van der Waals surface area contributed by atoms with Crippen molar-refractivity contribution < 1.29 is 49.2 Å². The number of nitrogens with one attached hydrogen (secondary N) is 1. The van der Waals surface area contributed by atoms with E-state index in [1.165, 1.54) is 12.3 Å². The van der Waals surface area contributed by atoms with Crippen molar-refractivity contribution in [3.05, 3.63) is 95.9 Å². The van der Waals surface area contributed by atoms with Crippen LogP contribution in [0.1, 0.15) is 5.56 Å². The predicted octanol–water partition coefficient (Wildman–Crippen LogP) is 0.799. The Morgan fingerprint density at radius 3 is 2.44 bits per heavy atom. The standard InChI is InChI=1S/C26H23N2O4.ClH.Fe/c1-31-21-7-9-25(29)19(11-21)15-27-23-13-17-5-3-4-6-18(17)14-24(23)28-16-20-12-22(32-2)8-10-26(20)30;;/h3-16,25,27,30H,1-2H3;1H;/q-1;;+3/p-2/b19-15-,28-16?;;. The molecule has 0 heterocycles. The van der Waals surface area contributed by atoms with E-state index in [9.17, 15) is 10.2 Å². The van der Waals surface area contributed by atoms with Gasteiger partial charge >= 0.3 is 17.1 Å². The molecule has 6 nitrogen and oxygen atoms in total. The van der Waals surface area contributed by atoms with Crippen LogP contribution in [0.15, 0.2) is 95.3 Å². The van der Waals surface area contributed by atoms with E-state index in [1.807, 2.05) is 36.4 Å². The minimum absolute atomic E-state index is 0. The Morgan fingerprint density at radius 1 is 1.00 bits per heavy atom. The molecule has 1 radical (unpaired) electrons. The number of methoxy groups -OCH3 is 2. The third-order valence-electron chi connectivity index (χ3n) is 5.13. The molecule has 0 bridgehead atoms. The van der Waals surface area contributed by atoms with Crippen LogP contribution in [0.3, 0.4) is 0 Å².